The minimum Gasteiger partial charge on any atom is -0.355 e. The van der Waals surface area contributed by atoms with Crippen molar-refractivity contribution in [2.24, 2.45) is 94.7 Å². The summed E-state index contributed by atoms with van der Waals surface area (Å²) in [6.07, 6.45) is 28.3. The van der Waals surface area contributed by atoms with Gasteiger partial charge in [0.2, 0.25) is 0 Å². The molecule has 11 aromatic rings. The largest absolute Gasteiger partial charge is 0.355 e. The highest BCUT2D eigenvalue weighted by Crippen LogP contribution is 2.75. The summed E-state index contributed by atoms with van der Waals surface area (Å²) in [7, 11) is 0. The van der Waals surface area contributed by atoms with Crippen molar-refractivity contribution in [3.05, 3.63) is 323 Å². The number of nitrogens with zero attached hydrogens (tertiary/aromatic N) is 3. The first-order valence-corrected chi connectivity index (χ1v) is 46.8. The van der Waals surface area contributed by atoms with Crippen LogP contribution in [0.25, 0.3) is 0 Å². The van der Waals surface area contributed by atoms with Gasteiger partial charge in [-0.1, -0.05) is 222 Å². The molecule has 31 rings (SSSR count). The smallest absolute Gasteiger partial charge is 0.0887 e. The standard InChI is InChI=1S/C50H47ClN2.C28H25Cl2N.C22H23N.C6H3BrCl2/c51-48-46(52-42-14-5-1-10-38(42)49(39-11-2-6-15-43(39)52)34-22-30-20-31(24-34)25-35(49)23-30)18-9-19-47(48)53-44-16-7-3-12-40(44)50(41-13-4-8-17-45(41)53)36-26-32-21-33(28-36)29-37(50)27-32;29-23-8-5-11-26(27(23)30)31-24-9-3-1-6-21(24)28(22-7-2-4-10-25(22)31)19-13-17-12-18(15-19)16-20(28)14-17;1-3-7-20-18(5-1)22(19-6-2-4-8-21(19)23-20)16-10-14-9-15(12-16)13-17(22)11-14;7-4-2-1-3-5(8)6(4)9/h1-19,30-37H,20-29H2;1-11,17-20H,12-16H2;1-8,14-17,23H,9-13H2;1-3H. The number of fused-ring (bicyclic) bond motifs is 8. The molecule has 16 fully saturated rings. The molecule has 0 unspecified atom stereocenters. The molecule has 0 amide bonds. The van der Waals surface area contributed by atoms with E-state index in [1.54, 1.807) is 17.2 Å². The maximum Gasteiger partial charge on any atom is 0.0887 e. The van der Waals surface area contributed by atoms with E-state index in [2.05, 4.69) is 254 Å². The Labute approximate surface area is 718 Å². The third kappa shape index (κ3) is 10.4. The number of nitrogens with one attached hydrogen (secondary N) is 1. The van der Waals surface area contributed by atoms with Gasteiger partial charge in [-0.15, -0.1) is 0 Å². The zero-order valence-electron chi connectivity index (χ0n) is 65.7. The van der Waals surface area contributed by atoms with Crippen molar-refractivity contribution < 1.29 is 0 Å². The minimum absolute atomic E-state index is 0.0823. The lowest BCUT2D eigenvalue weighted by Gasteiger charge is -2.64. The Morgan fingerprint density at radius 2 is 0.422 bits per heavy atom. The zero-order chi connectivity index (χ0) is 77.2. The van der Waals surface area contributed by atoms with E-state index in [9.17, 15) is 0 Å². The normalized spacial score (nSPS) is 30.3. The van der Waals surface area contributed by atoms with Gasteiger partial charge in [0.1, 0.15) is 0 Å². The number of benzene rings is 11. The lowest BCUT2D eigenvalue weighted by Crippen LogP contribution is -2.57. The molecule has 16 saturated carbocycles. The molecule has 4 nitrogen and oxygen atoms in total. The fourth-order valence-corrected chi connectivity index (χ4v) is 32.6. The minimum atomic E-state index is 0.0823. The summed E-state index contributed by atoms with van der Waals surface area (Å²) in [5.41, 5.74) is 26.6. The Morgan fingerprint density at radius 1 is 0.216 bits per heavy atom. The molecule has 4 heterocycles. The molecule has 16 aliphatic carbocycles. The zero-order valence-corrected chi connectivity index (χ0v) is 71.0. The topological polar surface area (TPSA) is 21.8 Å². The van der Waals surface area contributed by atoms with Crippen LogP contribution in [0.1, 0.15) is 173 Å². The van der Waals surface area contributed by atoms with Crippen LogP contribution in [0.3, 0.4) is 0 Å². The predicted molar refractivity (Wildman–Crippen MR) is 484 cm³/mol. The first-order chi connectivity index (χ1) is 56.9. The van der Waals surface area contributed by atoms with E-state index in [0.29, 0.717) is 43.8 Å². The quantitative estimate of drug-likeness (QED) is 0.178. The molecular weight excluding hydrogens is 1590 g/mol. The lowest BCUT2D eigenvalue weighted by molar-refractivity contribution is -0.0419. The van der Waals surface area contributed by atoms with Gasteiger partial charge in [0.05, 0.1) is 76.3 Å². The highest BCUT2D eigenvalue weighted by atomic mass is 79.9. The predicted octanol–water partition coefficient (Wildman–Crippen LogP) is 31.2. The summed E-state index contributed by atoms with van der Waals surface area (Å²) in [5, 5.41) is 6.91. The Bertz CT molecular complexity index is 5300. The first-order valence-electron chi connectivity index (χ1n) is 44.1. The molecule has 11 aromatic carbocycles. The summed E-state index contributed by atoms with van der Waals surface area (Å²) in [4.78, 5) is 7.43. The number of para-hydroxylation sites is 8. The number of hydrogen-bond acceptors (Lipinski definition) is 4. The van der Waals surface area contributed by atoms with Crippen LogP contribution in [0.15, 0.2) is 253 Å². The van der Waals surface area contributed by atoms with Crippen LogP contribution in [0.5, 0.6) is 0 Å². The van der Waals surface area contributed by atoms with Gasteiger partial charge in [-0.25, -0.2) is 0 Å². The highest BCUT2D eigenvalue weighted by molar-refractivity contribution is 9.10. The van der Waals surface area contributed by atoms with Crippen LogP contribution in [0, 0.1) is 94.7 Å². The number of halogens is 6. The summed E-state index contributed by atoms with van der Waals surface area (Å²) >= 11 is 35.8. The molecule has 0 radical (unpaired) electrons. The average molecular weight is 1690 g/mol. The Hall–Kier alpha value is -7.45. The van der Waals surface area contributed by atoms with Crippen molar-refractivity contribution in [1.29, 1.82) is 0 Å². The Kier molecular flexibility index (Phi) is 17.2. The van der Waals surface area contributed by atoms with Crippen molar-refractivity contribution in [3.8, 4) is 0 Å². The second-order valence-corrected chi connectivity index (χ2v) is 41.5. The monoisotopic (exact) mass is 1680 g/mol. The van der Waals surface area contributed by atoms with E-state index >= 15 is 0 Å². The molecule has 10 heteroatoms. The van der Waals surface area contributed by atoms with Crippen molar-refractivity contribution in [3.63, 3.8) is 0 Å². The lowest BCUT2D eigenvalue weighted by atomic mass is 9.41. The van der Waals surface area contributed by atoms with Crippen LogP contribution in [0.4, 0.5) is 62.6 Å². The third-order valence-corrected chi connectivity index (χ3v) is 36.7. The second-order valence-electron chi connectivity index (χ2n) is 38.7. The van der Waals surface area contributed by atoms with Crippen molar-refractivity contribution in [2.45, 2.75) is 150 Å². The molecule has 0 saturated heterocycles. The van der Waals surface area contributed by atoms with Gasteiger partial charge in [-0.3, -0.25) is 0 Å². The van der Waals surface area contributed by atoms with Crippen LogP contribution in [-0.2, 0) is 21.7 Å². The number of hydrogen-bond donors (Lipinski definition) is 1. The van der Waals surface area contributed by atoms with Gasteiger partial charge in [0.25, 0.3) is 0 Å². The van der Waals surface area contributed by atoms with Crippen molar-refractivity contribution in [1.82, 2.24) is 0 Å². The molecule has 116 heavy (non-hydrogen) atoms. The van der Waals surface area contributed by atoms with Crippen LogP contribution in [-0.4, -0.2) is 0 Å². The summed E-state index contributed by atoms with van der Waals surface area (Å²) < 4.78 is 0.830. The van der Waals surface area contributed by atoms with E-state index < -0.39 is 0 Å². The van der Waals surface area contributed by atoms with Gasteiger partial charge >= 0.3 is 0 Å². The molecule has 4 aliphatic heterocycles. The highest BCUT2D eigenvalue weighted by Gasteiger charge is 2.66. The summed E-state index contributed by atoms with van der Waals surface area (Å²) in [6.45, 7) is 0. The fraction of sp³-hybridized carbons (Fsp3) is 0.377. The van der Waals surface area contributed by atoms with Gasteiger partial charge < -0.3 is 20.0 Å². The third-order valence-electron chi connectivity index (χ3n) is 33.8. The SMILES string of the molecule is Clc1c(N2c3ccccc3C3(c4ccccc42)C2CC4CC(C2)CC3C4)cccc1N1c2ccccc2C2(c3ccccc31)C1CC3CC(C1)CC2C3.Clc1cccc(Br)c1Cl.Clc1cccc(N2c3ccccc3C3(c4ccccc42)C2CC4CC(C2)CC3C4)c1Cl.c1ccc2c(c1)Nc1ccccc1C21C2CC3CC(C2)CC1C3. The van der Waals surface area contributed by atoms with Gasteiger partial charge in [0.15, 0.2) is 0 Å². The fourth-order valence-electron chi connectivity index (χ4n) is 31.1. The van der Waals surface area contributed by atoms with Crippen LogP contribution >= 0.6 is 73.9 Å². The number of rotatable bonds is 3. The van der Waals surface area contributed by atoms with E-state index in [0.717, 1.165) is 97.6 Å². The molecule has 0 atom stereocenters. The first kappa shape index (κ1) is 72.6. The molecule has 584 valence electrons. The van der Waals surface area contributed by atoms with Crippen LogP contribution < -0.4 is 20.0 Å². The maximum absolute atomic E-state index is 7.95. The Balaban J connectivity index is 0.000000103. The van der Waals surface area contributed by atoms with E-state index in [1.807, 2.05) is 24.3 Å². The molecule has 20 aliphatic rings. The molecule has 1 N–H and O–H groups in total. The molecule has 16 bridgehead atoms. The van der Waals surface area contributed by atoms with E-state index in [1.165, 1.54) is 207 Å². The van der Waals surface area contributed by atoms with Crippen LogP contribution in [0.2, 0.25) is 25.1 Å². The van der Waals surface area contributed by atoms with Gasteiger partial charge in [-0.05, 0) is 368 Å². The molecular formula is C106H98BrCl5N4. The second kappa shape index (κ2) is 27.5. The molecule has 4 spiro atoms. The summed E-state index contributed by atoms with van der Waals surface area (Å²) in [6, 6.07) is 92.4. The van der Waals surface area contributed by atoms with Crippen molar-refractivity contribution >= 4 is 136 Å². The summed E-state index contributed by atoms with van der Waals surface area (Å²) in [5.74, 6) is 13.6. The van der Waals surface area contributed by atoms with E-state index in [4.69, 9.17) is 58.0 Å². The van der Waals surface area contributed by atoms with Gasteiger partial charge in [0, 0.05) is 37.5 Å². The number of anilines is 11. The van der Waals surface area contributed by atoms with Gasteiger partial charge in [-0.2, -0.15) is 0 Å². The van der Waals surface area contributed by atoms with E-state index in [-0.39, 0.29) is 21.7 Å². The maximum atomic E-state index is 7.95. The molecule has 0 aromatic heterocycles. The van der Waals surface area contributed by atoms with Crippen molar-refractivity contribution in [2.75, 3.05) is 20.0 Å². The Morgan fingerprint density at radius 3 is 0.690 bits per heavy atom. The average Bonchev–Trinajstić information content (AvgIpc) is 0.676.